The van der Waals surface area contributed by atoms with E-state index in [2.05, 4.69) is 45.9 Å². The quantitative estimate of drug-likeness (QED) is 0.653. The summed E-state index contributed by atoms with van der Waals surface area (Å²) in [6.45, 7) is 9.13. The smallest absolute Gasteiger partial charge is 0.00744 e. The van der Waals surface area contributed by atoms with Crippen molar-refractivity contribution >= 4 is 0 Å². The lowest BCUT2D eigenvalue weighted by Gasteiger charge is -2.14. The van der Waals surface area contributed by atoms with Gasteiger partial charge in [-0.2, -0.15) is 0 Å². The van der Waals surface area contributed by atoms with Crippen LogP contribution in [0.5, 0.6) is 0 Å². The molecule has 0 aromatic heterocycles. The second-order valence-electron chi connectivity index (χ2n) is 5.35. The fourth-order valence-electron chi connectivity index (χ4n) is 1.97. The van der Waals surface area contributed by atoms with Crippen LogP contribution in [0.3, 0.4) is 0 Å². The average molecular weight is 188 g/mol. The van der Waals surface area contributed by atoms with E-state index in [0.29, 0.717) is 11.3 Å². The Hall–Kier alpha value is -0.780. The molecule has 0 N–H and O–H groups in total. The van der Waals surface area contributed by atoms with E-state index in [-0.39, 0.29) is 0 Å². The molecule has 0 unspecified atom stereocenters. The zero-order valence-corrected chi connectivity index (χ0v) is 9.72. The highest BCUT2D eigenvalue weighted by atomic mass is 14.4. The van der Waals surface area contributed by atoms with Crippen molar-refractivity contribution in [2.24, 2.45) is 0 Å². The molecule has 0 bridgehead atoms. The van der Waals surface area contributed by atoms with Gasteiger partial charge in [-0.25, -0.2) is 0 Å². The molecule has 0 saturated heterocycles. The van der Waals surface area contributed by atoms with Gasteiger partial charge in [0.1, 0.15) is 0 Å². The Labute approximate surface area is 87.3 Å². The van der Waals surface area contributed by atoms with Gasteiger partial charge in [0, 0.05) is 0 Å². The minimum atomic E-state index is 0.510. The van der Waals surface area contributed by atoms with E-state index in [1.807, 2.05) is 0 Å². The Balaban J connectivity index is 2.42. The third kappa shape index (κ3) is 1.70. The monoisotopic (exact) mass is 188 g/mol. The molecule has 0 aliphatic heterocycles. The van der Waals surface area contributed by atoms with Crippen LogP contribution in [-0.2, 0) is 5.41 Å². The molecule has 2 rings (SSSR count). The van der Waals surface area contributed by atoms with E-state index in [4.69, 9.17) is 0 Å². The summed E-state index contributed by atoms with van der Waals surface area (Å²) >= 11 is 0. The first-order valence-corrected chi connectivity index (χ1v) is 5.63. The molecule has 76 valence electrons. The molecule has 0 radical (unpaired) electrons. The summed E-state index contributed by atoms with van der Waals surface area (Å²) < 4.78 is 0. The molecule has 1 aliphatic rings. The van der Waals surface area contributed by atoms with Crippen LogP contribution >= 0.6 is 0 Å². The predicted octanol–water partition coefficient (Wildman–Crippen LogP) is 4.17. The second kappa shape index (κ2) is 3.12. The van der Waals surface area contributed by atoms with E-state index in [9.17, 15) is 0 Å². The number of hydrogen-bond acceptors (Lipinski definition) is 0. The molecule has 0 heterocycles. The van der Waals surface area contributed by atoms with Crippen LogP contribution < -0.4 is 0 Å². The minimum absolute atomic E-state index is 0.510. The molecule has 0 amide bonds. The van der Waals surface area contributed by atoms with Crippen molar-refractivity contribution in [3.8, 4) is 0 Å². The van der Waals surface area contributed by atoms with Gasteiger partial charge in [-0.1, -0.05) is 44.5 Å². The third-order valence-corrected chi connectivity index (χ3v) is 3.46. The lowest BCUT2D eigenvalue weighted by molar-refractivity contribution is 0.775. The van der Waals surface area contributed by atoms with Crippen molar-refractivity contribution in [2.45, 2.75) is 51.9 Å². The number of aryl methyl sites for hydroxylation is 1. The Kier molecular flexibility index (Phi) is 2.17. The summed E-state index contributed by atoms with van der Waals surface area (Å²) in [4.78, 5) is 0. The molecule has 0 spiro atoms. The first kappa shape index (κ1) is 9.76. The highest BCUT2D eigenvalue weighted by molar-refractivity contribution is 5.38. The lowest BCUT2D eigenvalue weighted by atomic mass is 9.91. The molecule has 1 saturated carbocycles. The maximum absolute atomic E-state index is 2.41. The standard InChI is InChI=1S/C14H20/c1-10(2)12-7-11(3)8-13(9-12)14(4)5-6-14/h7-10H,5-6H2,1-4H3. The normalized spacial score (nSPS) is 18.6. The summed E-state index contributed by atoms with van der Waals surface area (Å²) in [7, 11) is 0. The van der Waals surface area contributed by atoms with Crippen molar-refractivity contribution in [3.05, 3.63) is 34.9 Å². The van der Waals surface area contributed by atoms with Gasteiger partial charge in [-0.3, -0.25) is 0 Å². The lowest BCUT2D eigenvalue weighted by Crippen LogP contribution is -2.02. The van der Waals surface area contributed by atoms with Crippen LogP contribution in [0, 0.1) is 6.92 Å². The largest absolute Gasteiger partial charge is 0.0587 e. The molecular weight excluding hydrogens is 168 g/mol. The molecule has 14 heavy (non-hydrogen) atoms. The van der Waals surface area contributed by atoms with E-state index in [1.165, 1.54) is 24.0 Å². The molecule has 1 fully saturated rings. The summed E-state index contributed by atoms with van der Waals surface area (Å²) in [6.07, 6.45) is 2.74. The van der Waals surface area contributed by atoms with Gasteiger partial charge in [-0.15, -0.1) is 0 Å². The maximum Gasteiger partial charge on any atom is -0.00744 e. The summed E-state index contributed by atoms with van der Waals surface area (Å²) in [5.41, 5.74) is 4.98. The predicted molar refractivity (Wildman–Crippen MR) is 61.9 cm³/mol. The summed E-state index contributed by atoms with van der Waals surface area (Å²) in [6, 6.07) is 7.09. The summed E-state index contributed by atoms with van der Waals surface area (Å²) in [5, 5.41) is 0. The molecule has 1 aromatic rings. The molecule has 1 aliphatic carbocycles. The third-order valence-electron chi connectivity index (χ3n) is 3.46. The van der Waals surface area contributed by atoms with E-state index in [1.54, 1.807) is 5.56 Å². The Morgan fingerprint density at radius 2 is 1.79 bits per heavy atom. The van der Waals surface area contributed by atoms with Crippen LogP contribution in [0.2, 0.25) is 0 Å². The Morgan fingerprint density at radius 1 is 1.14 bits per heavy atom. The SMILES string of the molecule is Cc1cc(C(C)C)cc(C2(C)CC2)c1. The van der Waals surface area contributed by atoms with Crippen molar-refractivity contribution in [1.29, 1.82) is 0 Å². The van der Waals surface area contributed by atoms with Crippen molar-refractivity contribution < 1.29 is 0 Å². The van der Waals surface area contributed by atoms with Crippen molar-refractivity contribution in [1.82, 2.24) is 0 Å². The molecule has 0 heteroatoms. The Bertz CT molecular complexity index is 343. The first-order valence-electron chi connectivity index (χ1n) is 5.63. The minimum Gasteiger partial charge on any atom is -0.0587 e. The average Bonchev–Trinajstić information content (AvgIpc) is 2.84. The van der Waals surface area contributed by atoms with E-state index >= 15 is 0 Å². The molecular formula is C14H20. The number of rotatable bonds is 2. The second-order valence-corrected chi connectivity index (χ2v) is 5.35. The molecule has 0 atom stereocenters. The first-order chi connectivity index (χ1) is 6.51. The topological polar surface area (TPSA) is 0 Å². The van der Waals surface area contributed by atoms with Gasteiger partial charge < -0.3 is 0 Å². The van der Waals surface area contributed by atoms with Gasteiger partial charge in [0.15, 0.2) is 0 Å². The van der Waals surface area contributed by atoms with Gasteiger partial charge in [0.2, 0.25) is 0 Å². The van der Waals surface area contributed by atoms with Gasteiger partial charge in [-0.05, 0) is 42.2 Å². The zero-order chi connectivity index (χ0) is 10.3. The zero-order valence-electron chi connectivity index (χ0n) is 9.72. The Morgan fingerprint density at radius 3 is 2.29 bits per heavy atom. The van der Waals surface area contributed by atoms with Crippen LogP contribution in [-0.4, -0.2) is 0 Å². The van der Waals surface area contributed by atoms with Gasteiger partial charge in [0.05, 0.1) is 0 Å². The van der Waals surface area contributed by atoms with Gasteiger partial charge >= 0.3 is 0 Å². The van der Waals surface area contributed by atoms with Gasteiger partial charge in [0.25, 0.3) is 0 Å². The van der Waals surface area contributed by atoms with E-state index < -0.39 is 0 Å². The van der Waals surface area contributed by atoms with E-state index in [0.717, 1.165) is 0 Å². The fourth-order valence-corrected chi connectivity index (χ4v) is 1.97. The van der Waals surface area contributed by atoms with Crippen LogP contribution in [0.25, 0.3) is 0 Å². The number of hydrogen-bond donors (Lipinski definition) is 0. The maximum atomic E-state index is 2.41. The highest BCUT2D eigenvalue weighted by Gasteiger charge is 2.39. The number of benzene rings is 1. The van der Waals surface area contributed by atoms with Crippen molar-refractivity contribution in [2.75, 3.05) is 0 Å². The summed E-state index contributed by atoms with van der Waals surface area (Å²) in [5.74, 6) is 0.649. The van der Waals surface area contributed by atoms with Crippen LogP contribution in [0.4, 0.5) is 0 Å². The molecule has 0 nitrogen and oxygen atoms in total. The van der Waals surface area contributed by atoms with Crippen molar-refractivity contribution in [3.63, 3.8) is 0 Å². The fraction of sp³-hybridized carbons (Fsp3) is 0.571. The van der Waals surface area contributed by atoms with Crippen LogP contribution in [0.1, 0.15) is 56.2 Å². The van der Waals surface area contributed by atoms with Crippen LogP contribution in [0.15, 0.2) is 18.2 Å². The highest BCUT2D eigenvalue weighted by Crippen LogP contribution is 2.48. The molecule has 1 aromatic carbocycles.